The minimum absolute atomic E-state index is 0.0906. The molecule has 1 amide bonds. The molecular formula is C17H27N3O6S2. The third kappa shape index (κ3) is 6.52. The van der Waals surface area contributed by atoms with Crippen molar-refractivity contribution in [2.75, 3.05) is 32.1 Å². The smallest absolute Gasteiger partial charge is 0.243 e. The molecule has 28 heavy (non-hydrogen) atoms. The van der Waals surface area contributed by atoms with Gasteiger partial charge >= 0.3 is 0 Å². The Morgan fingerprint density at radius 3 is 2.32 bits per heavy atom. The average Bonchev–Trinajstić information content (AvgIpc) is 2.58. The van der Waals surface area contributed by atoms with Gasteiger partial charge in [0.2, 0.25) is 26.0 Å². The van der Waals surface area contributed by atoms with Crippen LogP contribution in [-0.2, 0) is 36.1 Å². The highest BCUT2D eigenvalue weighted by Crippen LogP contribution is 2.21. The van der Waals surface area contributed by atoms with Crippen molar-refractivity contribution in [3.63, 3.8) is 0 Å². The molecule has 2 rings (SSSR count). The number of carbonyl (C=O) groups excluding carboxylic acids is 1. The zero-order valence-corrected chi connectivity index (χ0v) is 17.9. The van der Waals surface area contributed by atoms with Gasteiger partial charge < -0.3 is 10.1 Å². The Hall–Kier alpha value is -1.53. The van der Waals surface area contributed by atoms with Crippen molar-refractivity contribution >= 4 is 26.0 Å². The third-order valence-electron chi connectivity index (χ3n) is 3.82. The molecule has 1 saturated heterocycles. The maximum atomic E-state index is 12.9. The molecule has 1 aromatic rings. The van der Waals surface area contributed by atoms with E-state index in [9.17, 15) is 21.6 Å². The van der Waals surface area contributed by atoms with Gasteiger partial charge in [0.05, 0.1) is 18.1 Å². The predicted octanol–water partition coefficient (Wildman–Crippen LogP) is 0.0416. The molecule has 158 valence electrons. The van der Waals surface area contributed by atoms with Crippen LogP contribution in [0.5, 0.6) is 0 Å². The molecule has 0 spiro atoms. The van der Waals surface area contributed by atoms with Gasteiger partial charge in [0.25, 0.3) is 0 Å². The lowest BCUT2D eigenvalue weighted by atomic mass is 10.1. The number of ether oxygens (including phenoxy) is 1. The number of hydrogen-bond acceptors (Lipinski definition) is 6. The molecule has 0 radical (unpaired) electrons. The molecule has 0 unspecified atom stereocenters. The Kier molecular flexibility index (Phi) is 7.21. The van der Waals surface area contributed by atoms with Crippen LogP contribution in [0.1, 0.15) is 26.3 Å². The first-order valence-electron chi connectivity index (χ1n) is 8.85. The fourth-order valence-electron chi connectivity index (χ4n) is 2.75. The van der Waals surface area contributed by atoms with Crippen molar-refractivity contribution in [3.05, 3.63) is 29.8 Å². The van der Waals surface area contributed by atoms with Gasteiger partial charge in [-0.05, 0) is 32.4 Å². The van der Waals surface area contributed by atoms with Crippen LogP contribution in [-0.4, -0.2) is 64.6 Å². The fourth-order valence-corrected chi connectivity index (χ4v) is 5.83. The van der Waals surface area contributed by atoms with Crippen molar-refractivity contribution in [1.29, 1.82) is 0 Å². The number of benzene rings is 1. The van der Waals surface area contributed by atoms with Crippen LogP contribution in [0, 0.1) is 0 Å². The van der Waals surface area contributed by atoms with Crippen molar-refractivity contribution in [1.82, 2.24) is 14.3 Å². The number of morpholine rings is 1. The fraction of sp³-hybridized carbons (Fsp3) is 0.588. The van der Waals surface area contributed by atoms with Crippen LogP contribution < -0.4 is 10.0 Å². The first-order valence-corrected chi connectivity index (χ1v) is 11.9. The molecule has 1 fully saturated rings. The van der Waals surface area contributed by atoms with E-state index in [0.717, 1.165) is 0 Å². The zero-order valence-electron chi connectivity index (χ0n) is 16.3. The maximum absolute atomic E-state index is 12.9. The number of nitrogens with zero attached hydrogens (tertiary/aromatic N) is 1. The maximum Gasteiger partial charge on any atom is 0.243 e. The van der Waals surface area contributed by atoms with E-state index in [-0.39, 0.29) is 24.5 Å². The van der Waals surface area contributed by atoms with Crippen LogP contribution >= 0.6 is 0 Å². The highest BCUT2D eigenvalue weighted by Gasteiger charge is 2.28. The molecule has 1 heterocycles. The number of amides is 1. The van der Waals surface area contributed by atoms with Gasteiger partial charge in [-0.3, -0.25) is 4.79 Å². The lowest BCUT2D eigenvalue weighted by molar-refractivity contribution is -0.118. The van der Waals surface area contributed by atoms with Gasteiger partial charge in [0, 0.05) is 25.2 Å². The molecule has 1 aliphatic rings. The molecule has 0 aromatic heterocycles. The standard InChI is InChI=1S/C17H27N3O6S2/c1-17(2,3)19-27(22,23)13-16(21)18-12-14-6-4-5-7-15(14)28(24,25)20-8-10-26-11-9-20/h4-7,19H,8-13H2,1-3H3,(H,18,21). The molecule has 1 aliphatic heterocycles. The van der Waals surface area contributed by atoms with Crippen molar-refractivity contribution in [2.24, 2.45) is 0 Å². The molecule has 11 heteroatoms. The summed E-state index contributed by atoms with van der Waals surface area (Å²) in [4.78, 5) is 12.2. The van der Waals surface area contributed by atoms with E-state index in [1.165, 1.54) is 10.4 Å². The molecule has 1 aromatic carbocycles. The van der Waals surface area contributed by atoms with E-state index in [1.54, 1.807) is 39.0 Å². The van der Waals surface area contributed by atoms with Gasteiger partial charge in [0.15, 0.2) is 0 Å². The normalized spacial score (nSPS) is 16.7. The summed E-state index contributed by atoms with van der Waals surface area (Å²) in [6.07, 6.45) is 0. The second-order valence-corrected chi connectivity index (χ2v) is 11.1. The third-order valence-corrected chi connectivity index (χ3v) is 7.38. The summed E-state index contributed by atoms with van der Waals surface area (Å²) in [5.41, 5.74) is -0.304. The summed E-state index contributed by atoms with van der Waals surface area (Å²) in [6.45, 7) is 6.12. The highest BCUT2D eigenvalue weighted by molar-refractivity contribution is 7.90. The van der Waals surface area contributed by atoms with Crippen LogP contribution in [0.3, 0.4) is 0 Å². The Labute approximate surface area is 166 Å². The van der Waals surface area contributed by atoms with Crippen LogP contribution in [0.4, 0.5) is 0 Å². The summed E-state index contributed by atoms with van der Waals surface area (Å²) in [5.74, 6) is -1.45. The minimum Gasteiger partial charge on any atom is -0.379 e. The second-order valence-electron chi connectivity index (χ2n) is 7.51. The Morgan fingerprint density at radius 2 is 1.71 bits per heavy atom. The lowest BCUT2D eigenvalue weighted by Crippen LogP contribution is -2.45. The van der Waals surface area contributed by atoms with Crippen LogP contribution in [0.2, 0.25) is 0 Å². The first-order chi connectivity index (χ1) is 12.9. The topological polar surface area (TPSA) is 122 Å². The van der Waals surface area contributed by atoms with Crippen molar-refractivity contribution in [3.8, 4) is 0 Å². The van der Waals surface area contributed by atoms with Gasteiger partial charge in [0.1, 0.15) is 5.75 Å². The summed E-state index contributed by atoms with van der Waals surface area (Å²) in [6, 6.07) is 6.34. The number of carbonyl (C=O) groups is 1. The van der Waals surface area contributed by atoms with Crippen molar-refractivity contribution < 1.29 is 26.4 Å². The Bertz CT molecular complexity index is 901. The van der Waals surface area contributed by atoms with Gasteiger partial charge in [-0.15, -0.1) is 0 Å². The van der Waals surface area contributed by atoms with E-state index in [1.807, 2.05) is 0 Å². The monoisotopic (exact) mass is 433 g/mol. The lowest BCUT2D eigenvalue weighted by Gasteiger charge is -2.27. The largest absolute Gasteiger partial charge is 0.379 e. The average molecular weight is 434 g/mol. The van der Waals surface area contributed by atoms with E-state index >= 15 is 0 Å². The molecule has 0 atom stereocenters. The SMILES string of the molecule is CC(C)(C)NS(=O)(=O)CC(=O)NCc1ccccc1S(=O)(=O)N1CCOCC1. The number of hydrogen-bond donors (Lipinski definition) is 2. The quantitative estimate of drug-likeness (QED) is 0.626. The minimum atomic E-state index is -3.80. The number of rotatable bonds is 7. The molecule has 9 nitrogen and oxygen atoms in total. The zero-order chi connectivity index (χ0) is 21.0. The number of sulfonamides is 2. The van der Waals surface area contributed by atoms with E-state index in [2.05, 4.69) is 10.0 Å². The summed E-state index contributed by atoms with van der Waals surface area (Å²) in [7, 11) is -7.53. The summed E-state index contributed by atoms with van der Waals surface area (Å²) in [5, 5.41) is 2.49. The van der Waals surface area contributed by atoms with Crippen LogP contribution in [0.25, 0.3) is 0 Å². The first kappa shape index (κ1) is 22.8. The highest BCUT2D eigenvalue weighted by atomic mass is 32.2. The molecule has 2 N–H and O–H groups in total. The van der Waals surface area contributed by atoms with Crippen LogP contribution in [0.15, 0.2) is 29.2 Å². The summed E-state index contributed by atoms with van der Waals surface area (Å²) >= 11 is 0. The van der Waals surface area contributed by atoms with Gasteiger partial charge in [-0.25, -0.2) is 21.6 Å². The molecule has 0 bridgehead atoms. The molecular weight excluding hydrogens is 406 g/mol. The predicted molar refractivity (Wildman–Crippen MR) is 105 cm³/mol. The summed E-state index contributed by atoms with van der Waals surface area (Å²) < 4.78 is 58.7. The molecule has 0 saturated carbocycles. The van der Waals surface area contributed by atoms with Gasteiger partial charge in [-0.1, -0.05) is 18.2 Å². The van der Waals surface area contributed by atoms with E-state index in [0.29, 0.717) is 18.8 Å². The van der Waals surface area contributed by atoms with E-state index < -0.39 is 37.2 Å². The Morgan fingerprint density at radius 1 is 1.11 bits per heavy atom. The molecule has 0 aliphatic carbocycles. The van der Waals surface area contributed by atoms with Crippen molar-refractivity contribution in [2.45, 2.75) is 37.8 Å². The van der Waals surface area contributed by atoms with E-state index in [4.69, 9.17) is 4.74 Å². The second kappa shape index (κ2) is 8.87. The Balaban J connectivity index is 2.08. The number of nitrogens with one attached hydrogen (secondary N) is 2. The van der Waals surface area contributed by atoms with Gasteiger partial charge in [-0.2, -0.15) is 4.31 Å².